The third-order valence-electron chi connectivity index (χ3n) is 6.00. The van der Waals surface area contributed by atoms with Crippen molar-refractivity contribution in [1.82, 2.24) is 4.90 Å². The molecule has 2 aliphatic rings. The van der Waals surface area contributed by atoms with Crippen molar-refractivity contribution in [1.29, 1.82) is 0 Å². The molecule has 142 valence electrons. The van der Waals surface area contributed by atoms with Crippen LogP contribution < -0.4 is 10.2 Å². The summed E-state index contributed by atoms with van der Waals surface area (Å²) >= 11 is 0. The zero-order valence-electron chi connectivity index (χ0n) is 16.0. The molecule has 4 heteroatoms. The van der Waals surface area contributed by atoms with Crippen molar-refractivity contribution in [2.45, 2.75) is 12.8 Å². The van der Waals surface area contributed by atoms with Gasteiger partial charge in [-0.25, -0.2) is 0 Å². The summed E-state index contributed by atoms with van der Waals surface area (Å²) in [5.74, 6) is 0.108. The lowest BCUT2D eigenvalue weighted by molar-refractivity contribution is -0.115. The predicted octanol–water partition coefficient (Wildman–Crippen LogP) is 3.70. The highest BCUT2D eigenvalue weighted by Crippen LogP contribution is 2.28. The van der Waals surface area contributed by atoms with Gasteiger partial charge in [-0.2, -0.15) is 0 Å². The summed E-state index contributed by atoms with van der Waals surface area (Å²) < 4.78 is 0. The number of nitrogens with zero attached hydrogens (tertiary/aromatic N) is 2. The standard InChI is InChI=1S/C24H25N3O/c28-24-17-20-9-8-18(16-22(20)25-24)10-11-26-12-14-27(15-13-26)23-7-3-5-19-4-1-2-6-21(19)23/h1-9,16H,10-15,17H2,(H,25,28). The Morgan fingerprint density at radius 3 is 2.61 bits per heavy atom. The summed E-state index contributed by atoms with van der Waals surface area (Å²) in [7, 11) is 0. The summed E-state index contributed by atoms with van der Waals surface area (Å²) in [5.41, 5.74) is 4.78. The van der Waals surface area contributed by atoms with Crippen molar-refractivity contribution in [3.63, 3.8) is 0 Å². The Balaban J connectivity index is 1.20. The molecular formula is C24H25N3O. The number of hydrogen-bond donors (Lipinski definition) is 1. The maximum absolute atomic E-state index is 11.5. The van der Waals surface area contributed by atoms with Crippen molar-refractivity contribution in [3.05, 3.63) is 71.8 Å². The molecule has 0 spiro atoms. The number of hydrogen-bond acceptors (Lipinski definition) is 3. The van der Waals surface area contributed by atoms with Crippen molar-refractivity contribution in [2.75, 3.05) is 42.9 Å². The van der Waals surface area contributed by atoms with E-state index in [4.69, 9.17) is 0 Å². The molecule has 0 unspecified atom stereocenters. The molecule has 0 aromatic heterocycles. The van der Waals surface area contributed by atoms with Gasteiger partial charge in [0.25, 0.3) is 0 Å². The number of carbonyl (C=O) groups excluding carboxylic acids is 1. The van der Waals surface area contributed by atoms with E-state index in [2.05, 4.69) is 75.8 Å². The maximum atomic E-state index is 11.5. The van der Waals surface area contributed by atoms with Crippen LogP contribution in [0.25, 0.3) is 10.8 Å². The van der Waals surface area contributed by atoms with E-state index < -0.39 is 0 Å². The monoisotopic (exact) mass is 371 g/mol. The summed E-state index contributed by atoms with van der Waals surface area (Å²) in [5, 5.41) is 5.61. The van der Waals surface area contributed by atoms with Crippen LogP contribution in [-0.4, -0.2) is 43.5 Å². The van der Waals surface area contributed by atoms with Crippen molar-refractivity contribution in [2.24, 2.45) is 0 Å². The van der Waals surface area contributed by atoms with Gasteiger partial charge in [0, 0.05) is 49.5 Å². The Morgan fingerprint density at radius 1 is 0.893 bits per heavy atom. The molecule has 0 radical (unpaired) electrons. The van der Waals surface area contributed by atoms with Gasteiger partial charge in [-0.05, 0) is 35.1 Å². The summed E-state index contributed by atoms with van der Waals surface area (Å²) in [6, 6.07) is 21.7. The number of benzene rings is 3. The second kappa shape index (κ2) is 7.28. The minimum absolute atomic E-state index is 0.108. The molecule has 5 rings (SSSR count). The van der Waals surface area contributed by atoms with Crippen LogP contribution >= 0.6 is 0 Å². The van der Waals surface area contributed by atoms with E-state index in [1.165, 1.54) is 22.0 Å². The highest BCUT2D eigenvalue weighted by Gasteiger charge is 2.20. The molecule has 1 amide bonds. The van der Waals surface area contributed by atoms with Crippen LogP contribution in [0.1, 0.15) is 11.1 Å². The number of amides is 1. The van der Waals surface area contributed by atoms with Crippen LogP contribution in [0.5, 0.6) is 0 Å². The molecule has 0 saturated carbocycles. The van der Waals surface area contributed by atoms with Crippen LogP contribution in [0.15, 0.2) is 60.7 Å². The third-order valence-corrected chi connectivity index (χ3v) is 6.00. The number of nitrogens with one attached hydrogen (secondary N) is 1. The smallest absolute Gasteiger partial charge is 0.228 e. The zero-order valence-corrected chi connectivity index (χ0v) is 16.0. The average molecular weight is 371 g/mol. The lowest BCUT2D eigenvalue weighted by Crippen LogP contribution is -2.47. The molecule has 28 heavy (non-hydrogen) atoms. The Kier molecular flexibility index (Phi) is 4.49. The van der Waals surface area contributed by atoms with Crippen molar-refractivity contribution < 1.29 is 4.79 Å². The first kappa shape index (κ1) is 17.3. The number of anilines is 2. The maximum Gasteiger partial charge on any atom is 0.228 e. The Bertz CT molecular complexity index is 1020. The topological polar surface area (TPSA) is 35.6 Å². The minimum atomic E-state index is 0.108. The highest BCUT2D eigenvalue weighted by molar-refractivity contribution is 5.99. The molecule has 0 atom stereocenters. The third kappa shape index (κ3) is 3.36. The van der Waals surface area contributed by atoms with Gasteiger partial charge in [-0.1, -0.05) is 48.5 Å². The van der Waals surface area contributed by atoms with Crippen LogP contribution in [0, 0.1) is 0 Å². The first-order chi connectivity index (χ1) is 13.8. The van der Waals surface area contributed by atoms with Crippen LogP contribution in [0.2, 0.25) is 0 Å². The molecule has 1 fully saturated rings. The van der Waals surface area contributed by atoms with Gasteiger partial charge in [0.2, 0.25) is 5.91 Å². The fourth-order valence-electron chi connectivity index (χ4n) is 4.40. The molecule has 3 aromatic carbocycles. The van der Waals surface area contributed by atoms with Gasteiger partial charge in [-0.3, -0.25) is 9.69 Å². The molecule has 3 aromatic rings. The molecule has 2 heterocycles. The lowest BCUT2D eigenvalue weighted by atomic mass is 10.1. The molecular weight excluding hydrogens is 346 g/mol. The van der Waals surface area contributed by atoms with E-state index in [1.54, 1.807) is 0 Å². The fourth-order valence-corrected chi connectivity index (χ4v) is 4.40. The van der Waals surface area contributed by atoms with Crippen LogP contribution in [0.4, 0.5) is 11.4 Å². The SMILES string of the molecule is O=C1Cc2ccc(CCN3CCN(c4cccc5ccccc45)CC3)cc2N1. The molecule has 2 aliphatic heterocycles. The number of carbonyl (C=O) groups is 1. The van der Waals surface area contributed by atoms with E-state index in [9.17, 15) is 4.79 Å². The van der Waals surface area contributed by atoms with Gasteiger partial charge < -0.3 is 10.2 Å². The van der Waals surface area contributed by atoms with Gasteiger partial charge in [0.05, 0.1) is 6.42 Å². The highest BCUT2D eigenvalue weighted by atomic mass is 16.1. The summed E-state index contributed by atoms with van der Waals surface area (Å²) in [6.07, 6.45) is 1.54. The number of fused-ring (bicyclic) bond motifs is 2. The second-order valence-corrected chi connectivity index (χ2v) is 7.79. The van der Waals surface area contributed by atoms with Crippen molar-refractivity contribution in [3.8, 4) is 0 Å². The Labute approximate surface area is 165 Å². The molecule has 0 aliphatic carbocycles. The van der Waals surface area contributed by atoms with E-state index >= 15 is 0 Å². The minimum Gasteiger partial charge on any atom is -0.368 e. The van der Waals surface area contributed by atoms with Gasteiger partial charge in [-0.15, -0.1) is 0 Å². The average Bonchev–Trinajstić information content (AvgIpc) is 3.11. The van der Waals surface area contributed by atoms with Crippen LogP contribution in [-0.2, 0) is 17.6 Å². The second-order valence-electron chi connectivity index (χ2n) is 7.79. The first-order valence-electron chi connectivity index (χ1n) is 10.1. The van der Waals surface area contributed by atoms with Crippen molar-refractivity contribution >= 4 is 28.1 Å². The van der Waals surface area contributed by atoms with Gasteiger partial charge >= 0.3 is 0 Å². The lowest BCUT2D eigenvalue weighted by Gasteiger charge is -2.36. The fraction of sp³-hybridized carbons (Fsp3) is 0.292. The summed E-state index contributed by atoms with van der Waals surface area (Å²) in [4.78, 5) is 16.6. The molecule has 4 nitrogen and oxygen atoms in total. The Hall–Kier alpha value is -2.85. The van der Waals surface area contributed by atoms with E-state index in [0.717, 1.165) is 50.4 Å². The number of piperazine rings is 1. The van der Waals surface area contributed by atoms with E-state index in [0.29, 0.717) is 6.42 Å². The predicted molar refractivity (Wildman–Crippen MR) is 115 cm³/mol. The van der Waals surface area contributed by atoms with E-state index in [1.807, 2.05) is 0 Å². The largest absolute Gasteiger partial charge is 0.368 e. The molecule has 1 N–H and O–H groups in total. The quantitative estimate of drug-likeness (QED) is 0.760. The summed E-state index contributed by atoms with van der Waals surface area (Å²) in [6.45, 7) is 5.37. The molecule has 1 saturated heterocycles. The van der Waals surface area contributed by atoms with Gasteiger partial charge in [0.15, 0.2) is 0 Å². The van der Waals surface area contributed by atoms with Gasteiger partial charge in [0.1, 0.15) is 0 Å². The zero-order chi connectivity index (χ0) is 18.9. The van der Waals surface area contributed by atoms with Crippen LogP contribution in [0.3, 0.4) is 0 Å². The first-order valence-corrected chi connectivity index (χ1v) is 10.1. The normalized spacial score (nSPS) is 17.0. The number of rotatable bonds is 4. The molecule has 0 bridgehead atoms. The van der Waals surface area contributed by atoms with E-state index in [-0.39, 0.29) is 5.91 Å². The Morgan fingerprint density at radius 2 is 1.71 bits per heavy atom.